The number of hydrogen-bond donors (Lipinski definition) is 0. The first-order chi connectivity index (χ1) is 15.1. The van der Waals surface area contributed by atoms with E-state index in [1.165, 1.54) is 0 Å². The van der Waals surface area contributed by atoms with Crippen molar-refractivity contribution in [1.29, 1.82) is 0 Å². The van der Waals surface area contributed by atoms with Gasteiger partial charge in [0.25, 0.3) is 0 Å². The van der Waals surface area contributed by atoms with Gasteiger partial charge in [-0.2, -0.15) is 0 Å². The number of thiazole rings is 1. The van der Waals surface area contributed by atoms with E-state index in [-0.39, 0.29) is 17.7 Å². The summed E-state index contributed by atoms with van der Waals surface area (Å²) in [5, 5.41) is 2.86. The molecule has 0 unspecified atom stereocenters. The molecule has 1 aromatic carbocycles. The fourth-order valence-electron chi connectivity index (χ4n) is 4.07. The highest BCUT2D eigenvalue weighted by Crippen LogP contribution is 2.27. The van der Waals surface area contributed by atoms with Gasteiger partial charge in [0, 0.05) is 43.0 Å². The maximum Gasteiger partial charge on any atom is 0.228 e. The van der Waals surface area contributed by atoms with Crippen LogP contribution in [0.25, 0.3) is 10.6 Å². The molecule has 2 fully saturated rings. The summed E-state index contributed by atoms with van der Waals surface area (Å²) in [5.74, 6) is 1.16. The van der Waals surface area contributed by atoms with Gasteiger partial charge in [0.05, 0.1) is 31.9 Å². The number of rotatable bonds is 6. The zero-order valence-electron chi connectivity index (χ0n) is 17.9. The fourth-order valence-corrected chi connectivity index (χ4v) is 4.89. The predicted octanol–water partition coefficient (Wildman–Crippen LogP) is 2.85. The lowest BCUT2D eigenvalue weighted by atomic mass is 9.95. The molecule has 166 valence electrons. The monoisotopic (exact) mass is 443 g/mol. The molecule has 0 spiro atoms. The number of likely N-dealkylation sites (tertiary alicyclic amines) is 1. The molecule has 2 saturated heterocycles. The van der Waals surface area contributed by atoms with Crippen LogP contribution in [0.1, 0.15) is 25.5 Å². The zero-order chi connectivity index (χ0) is 21.6. The van der Waals surface area contributed by atoms with E-state index in [2.05, 4.69) is 4.98 Å². The summed E-state index contributed by atoms with van der Waals surface area (Å²) in [6.07, 6.45) is 1.77. The van der Waals surface area contributed by atoms with Crippen molar-refractivity contribution in [3.05, 3.63) is 35.3 Å². The maximum absolute atomic E-state index is 12.8. The normalized spacial score (nSPS) is 17.6. The van der Waals surface area contributed by atoms with Gasteiger partial charge in [0.15, 0.2) is 0 Å². The summed E-state index contributed by atoms with van der Waals surface area (Å²) in [5.41, 5.74) is 1.82. The molecule has 2 aliphatic heterocycles. The molecule has 0 saturated carbocycles. The van der Waals surface area contributed by atoms with E-state index in [9.17, 15) is 9.59 Å². The number of amides is 2. The van der Waals surface area contributed by atoms with Crippen molar-refractivity contribution in [1.82, 2.24) is 14.8 Å². The van der Waals surface area contributed by atoms with Crippen LogP contribution in [0, 0.1) is 5.92 Å². The Hall–Kier alpha value is -2.45. The number of aromatic nitrogens is 1. The van der Waals surface area contributed by atoms with Crippen molar-refractivity contribution in [2.24, 2.45) is 5.92 Å². The fraction of sp³-hybridized carbons (Fsp3) is 0.522. The van der Waals surface area contributed by atoms with E-state index in [1.807, 2.05) is 46.4 Å². The van der Waals surface area contributed by atoms with E-state index in [4.69, 9.17) is 9.47 Å². The molecule has 8 heteroatoms. The topological polar surface area (TPSA) is 72.0 Å². The lowest BCUT2D eigenvalue weighted by Crippen LogP contribution is -2.47. The number of benzene rings is 1. The largest absolute Gasteiger partial charge is 0.494 e. The van der Waals surface area contributed by atoms with Crippen LogP contribution in [0.2, 0.25) is 0 Å². The van der Waals surface area contributed by atoms with Crippen LogP contribution >= 0.6 is 11.3 Å². The van der Waals surface area contributed by atoms with Crippen molar-refractivity contribution >= 4 is 23.2 Å². The molecule has 3 heterocycles. The molecule has 2 aliphatic rings. The van der Waals surface area contributed by atoms with Crippen molar-refractivity contribution in [3.8, 4) is 16.3 Å². The summed E-state index contributed by atoms with van der Waals surface area (Å²) < 4.78 is 10.8. The van der Waals surface area contributed by atoms with Gasteiger partial charge < -0.3 is 19.3 Å². The quantitative estimate of drug-likeness (QED) is 0.687. The van der Waals surface area contributed by atoms with Gasteiger partial charge >= 0.3 is 0 Å². The highest BCUT2D eigenvalue weighted by molar-refractivity contribution is 7.13. The molecule has 4 rings (SSSR count). The molecular formula is C23H29N3O4S. The van der Waals surface area contributed by atoms with Crippen LogP contribution in [-0.4, -0.2) is 72.6 Å². The maximum atomic E-state index is 12.8. The molecule has 2 amide bonds. The average molecular weight is 444 g/mol. The molecule has 31 heavy (non-hydrogen) atoms. The van der Waals surface area contributed by atoms with E-state index >= 15 is 0 Å². The Kier molecular flexibility index (Phi) is 7.19. The van der Waals surface area contributed by atoms with Crippen LogP contribution in [0.15, 0.2) is 29.6 Å². The molecule has 0 bridgehead atoms. The minimum Gasteiger partial charge on any atom is -0.494 e. The molecule has 2 aromatic rings. The average Bonchev–Trinajstić information content (AvgIpc) is 3.28. The second-order valence-corrected chi connectivity index (χ2v) is 8.73. The SMILES string of the molecule is CCOc1ccc(-c2nc(CC(=O)N3CCC(C(=O)N4CCOCC4)CC3)cs2)cc1. The number of ether oxygens (including phenoxy) is 2. The molecule has 7 nitrogen and oxygen atoms in total. The van der Waals surface area contributed by atoms with Gasteiger partial charge in [-0.3, -0.25) is 9.59 Å². The van der Waals surface area contributed by atoms with Crippen LogP contribution in [0.4, 0.5) is 0 Å². The Morgan fingerprint density at radius 3 is 2.48 bits per heavy atom. The highest BCUT2D eigenvalue weighted by Gasteiger charge is 2.31. The smallest absolute Gasteiger partial charge is 0.228 e. The number of nitrogens with zero attached hydrogens (tertiary/aromatic N) is 3. The zero-order valence-corrected chi connectivity index (χ0v) is 18.7. The van der Waals surface area contributed by atoms with E-state index in [1.54, 1.807) is 11.3 Å². The van der Waals surface area contributed by atoms with E-state index in [0.29, 0.717) is 52.4 Å². The van der Waals surface area contributed by atoms with E-state index in [0.717, 1.165) is 34.9 Å². The van der Waals surface area contributed by atoms with E-state index < -0.39 is 0 Å². The van der Waals surface area contributed by atoms with Gasteiger partial charge in [-0.1, -0.05) is 0 Å². The van der Waals surface area contributed by atoms with Crippen molar-refractivity contribution in [3.63, 3.8) is 0 Å². The van der Waals surface area contributed by atoms with Gasteiger partial charge in [-0.05, 0) is 44.0 Å². The number of piperidine rings is 1. The van der Waals surface area contributed by atoms with Gasteiger partial charge in [-0.25, -0.2) is 4.98 Å². The third-order valence-corrected chi connectivity index (χ3v) is 6.76. The second kappa shape index (κ2) is 10.2. The molecular weight excluding hydrogens is 414 g/mol. The highest BCUT2D eigenvalue weighted by atomic mass is 32.1. The Morgan fingerprint density at radius 1 is 1.10 bits per heavy atom. The molecule has 0 radical (unpaired) electrons. The Balaban J connectivity index is 1.28. The Morgan fingerprint density at radius 2 is 1.81 bits per heavy atom. The first-order valence-electron chi connectivity index (χ1n) is 11.0. The van der Waals surface area contributed by atoms with Crippen LogP contribution in [0.5, 0.6) is 5.75 Å². The summed E-state index contributed by atoms with van der Waals surface area (Å²) in [4.78, 5) is 33.9. The Labute approximate surface area is 187 Å². The van der Waals surface area contributed by atoms with Crippen LogP contribution in [0.3, 0.4) is 0 Å². The Bertz CT molecular complexity index is 884. The third kappa shape index (κ3) is 5.43. The molecule has 0 N–H and O–H groups in total. The third-order valence-electron chi connectivity index (χ3n) is 5.82. The molecule has 0 atom stereocenters. The van der Waals surface area contributed by atoms with Crippen molar-refractivity contribution < 1.29 is 19.1 Å². The van der Waals surface area contributed by atoms with Gasteiger partial charge in [0.2, 0.25) is 11.8 Å². The summed E-state index contributed by atoms with van der Waals surface area (Å²) in [6, 6.07) is 7.86. The second-order valence-electron chi connectivity index (χ2n) is 7.87. The van der Waals surface area contributed by atoms with Gasteiger partial charge in [-0.15, -0.1) is 11.3 Å². The van der Waals surface area contributed by atoms with Crippen LogP contribution in [-0.2, 0) is 20.7 Å². The van der Waals surface area contributed by atoms with Crippen molar-refractivity contribution in [2.75, 3.05) is 46.0 Å². The predicted molar refractivity (Wildman–Crippen MR) is 119 cm³/mol. The first kappa shape index (κ1) is 21.8. The minimum atomic E-state index is 0.0210. The molecule has 0 aliphatic carbocycles. The summed E-state index contributed by atoms with van der Waals surface area (Å²) >= 11 is 1.55. The molecule has 1 aromatic heterocycles. The summed E-state index contributed by atoms with van der Waals surface area (Å²) in [6.45, 7) is 6.47. The first-order valence-corrected chi connectivity index (χ1v) is 11.8. The number of hydrogen-bond acceptors (Lipinski definition) is 6. The summed E-state index contributed by atoms with van der Waals surface area (Å²) in [7, 11) is 0. The number of morpholine rings is 1. The minimum absolute atomic E-state index is 0.0210. The lowest BCUT2D eigenvalue weighted by Gasteiger charge is -2.35. The number of carbonyl (C=O) groups excluding carboxylic acids is 2. The van der Waals surface area contributed by atoms with Crippen LogP contribution < -0.4 is 4.74 Å². The standard InChI is InChI=1S/C23H29N3O4S/c1-2-30-20-5-3-17(4-6-20)22-24-19(16-31-22)15-21(27)25-9-7-18(8-10-25)23(28)26-11-13-29-14-12-26/h3-6,16,18H,2,7-15H2,1H3. The lowest BCUT2D eigenvalue weighted by molar-refractivity contribution is -0.143. The number of carbonyl (C=O) groups is 2. The van der Waals surface area contributed by atoms with Gasteiger partial charge in [0.1, 0.15) is 10.8 Å². The van der Waals surface area contributed by atoms with Crippen molar-refractivity contribution in [2.45, 2.75) is 26.2 Å².